The molecule has 1 aliphatic heterocycles. The molecule has 1 unspecified atom stereocenters. The van der Waals surface area contributed by atoms with Crippen LogP contribution >= 0.6 is 0 Å². The quantitative estimate of drug-likeness (QED) is 0.660. The SMILES string of the molecule is CC(C)C=C1C=CC=NC1CN. The van der Waals surface area contributed by atoms with Crippen molar-refractivity contribution in [3.63, 3.8) is 0 Å². The first-order valence-corrected chi connectivity index (χ1v) is 4.35. The zero-order valence-corrected chi connectivity index (χ0v) is 7.70. The highest BCUT2D eigenvalue weighted by Gasteiger charge is 2.09. The lowest BCUT2D eigenvalue weighted by Crippen LogP contribution is -2.21. The predicted octanol–water partition coefficient (Wildman–Crippen LogP) is 1.54. The second-order valence-corrected chi connectivity index (χ2v) is 3.32. The third kappa shape index (κ3) is 2.31. The van der Waals surface area contributed by atoms with Crippen LogP contribution in [0, 0.1) is 5.92 Å². The van der Waals surface area contributed by atoms with Gasteiger partial charge < -0.3 is 5.73 Å². The van der Waals surface area contributed by atoms with Gasteiger partial charge in [-0.25, -0.2) is 0 Å². The van der Waals surface area contributed by atoms with Crippen molar-refractivity contribution in [3.8, 4) is 0 Å². The van der Waals surface area contributed by atoms with Crippen LogP contribution in [0.25, 0.3) is 0 Å². The van der Waals surface area contributed by atoms with Crippen molar-refractivity contribution in [3.05, 3.63) is 23.8 Å². The minimum absolute atomic E-state index is 0.178. The molecule has 0 aromatic heterocycles. The topological polar surface area (TPSA) is 38.4 Å². The number of aliphatic imine (C=N–C) groups is 1. The molecule has 0 radical (unpaired) electrons. The van der Waals surface area contributed by atoms with Gasteiger partial charge in [0, 0.05) is 12.8 Å². The number of nitrogens with two attached hydrogens (primary N) is 1. The Kier molecular flexibility index (Phi) is 3.23. The molecule has 0 saturated heterocycles. The summed E-state index contributed by atoms with van der Waals surface area (Å²) < 4.78 is 0. The first kappa shape index (κ1) is 9.20. The summed E-state index contributed by atoms with van der Waals surface area (Å²) in [5.41, 5.74) is 6.83. The van der Waals surface area contributed by atoms with Crippen molar-refractivity contribution in [2.45, 2.75) is 19.9 Å². The molecule has 0 aromatic rings. The van der Waals surface area contributed by atoms with Crippen LogP contribution in [0.5, 0.6) is 0 Å². The molecule has 0 fully saturated rings. The van der Waals surface area contributed by atoms with Gasteiger partial charge in [0.25, 0.3) is 0 Å². The third-order valence-electron chi connectivity index (χ3n) is 1.77. The molecular weight excluding hydrogens is 148 g/mol. The average molecular weight is 164 g/mol. The summed E-state index contributed by atoms with van der Waals surface area (Å²) in [5.74, 6) is 0.562. The minimum Gasteiger partial charge on any atom is -0.328 e. The Bertz CT molecular complexity index is 224. The summed E-state index contributed by atoms with van der Waals surface area (Å²) in [7, 11) is 0. The van der Waals surface area contributed by atoms with Crippen molar-refractivity contribution in [1.82, 2.24) is 0 Å². The lowest BCUT2D eigenvalue weighted by Gasteiger charge is -2.14. The molecule has 1 heterocycles. The van der Waals surface area contributed by atoms with Crippen LogP contribution in [0.3, 0.4) is 0 Å². The van der Waals surface area contributed by atoms with E-state index >= 15 is 0 Å². The Labute approximate surface area is 73.9 Å². The molecule has 2 N–H and O–H groups in total. The van der Waals surface area contributed by atoms with Crippen LogP contribution in [-0.2, 0) is 0 Å². The van der Waals surface area contributed by atoms with Crippen molar-refractivity contribution in [2.24, 2.45) is 16.6 Å². The van der Waals surface area contributed by atoms with Crippen LogP contribution in [0.15, 0.2) is 28.8 Å². The molecule has 0 saturated carbocycles. The first-order chi connectivity index (χ1) is 5.74. The van der Waals surface area contributed by atoms with Gasteiger partial charge in [0.15, 0.2) is 0 Å². The average Bonchev–Trinajstić information content (AvgIpc) is 2.04. The molecular formula is C10H16N2. The highest BCUT2D eigenvalue weighted by atomic mass is 14.8. The fourth-order valence-corrected chi connectivity index (χ4v) is 1.25. The summed E-state index contributed by atoms with van der Waals surface area (Å²) in [6, 6.07) is 0.178. The smallest absolute Gasteiger partial charge is 0.0868 e. The lowest BCUT2D eigenvalue weighted by molar-refractivity contribution is 0.759. The summed E-state index contributed by atoms with van der Waals surface area (Å²) in [6.07, 6.45) is 8.07. The number of hydrogen-bond acceptors (Lipinski definition) is 2. The highest BCUT2D eigenvalue weighted by molar-refractivity contribution is 5.74. The monoisotopic (exact) mass is 164 g/mol. The van der Waals surface area contributed by atoms with E-state index in [-0.39, 0.29) is 6.04 Å². The first-order valence-electron chi connectivity index (χ1n) is 4.35. The number of rotatable bonds is 2. The molecule has 0 aliphatic carbocycles. The maximum atomic E-state index is 5.58. The summed E-state index contributed by atoms with van der Waals surface area (Å²) in [6.45, 7) is 4.92. The minimum atomic E-state index is 0.178. The summed E-state index contributed by atoms with van der Waals surface area (Å²) in [5, 5.41) is 0. The van der Waals surface area contributed by atoms with E-state index in [1.807, 2.05) is 12.3 Å². The molecule has 2 heteroatoms. The second-order valence-electron chi connectivity index (χ2n) is 3.32. The molecule has 2 nitrogen and oxygen atoms in total. The Morgan fingerprint density at radius 3 is 3.00 bits per heavy atom. The fourth-order valence-electron chi connectivity index (χ4n) is 1.25. The van der Waals surface area contributed by atoms with Crippen LogP contribution in [-0.4, -0.2) is 18.8 Å². The van der Waals surface area contributed by atoms with E-state index < -0.39 is 0 Å². The predicted molar refractivity (Wildman–Crippen MR) is 53.4 cm³/mol. The normalized spacial score (nSPS) is 25.7. The zero-order chi connectivity index (χ0) is 8.97. The Morgan fingerprint density at radius 2 is 2.42 bits per heavy atom. The van der Waals surface area contributed by atoms with Gasteiger partial charge in [-0.1, -0.05) is 26.0 Å². The second kappa shape index (κ2) is 4.21. The van der Waals surface area contributed by atoms with E-state index in [0.29, 0.717) is 12.5 Å². The third-order valence-corrected chi connectivity index (χ3v) is 1.77. The summed E-state index contributed by atoms with van der Waals surface area (Å²) >= 11 is 0. The zero-order valence-electron chi connectivity index (χ0n) is 7.70. The van der Waals surface area contributed by atoms with Crippen molar-refractivity contribution < 1.29 is 0 Å². The molecule has 0 bridgehead atoms. The molecule has 0 spiro atoms. The Balaban J connectivity index is 2.75. The van der Waals surface area contributed by atoms with E-state index in [1.54, 1.807) is 0 Å². The van der Waals surface area contributed by atoms with Crippen molar-refractivity contribution >= 4 is 6.21 Å². The van der Waals surface area contributed by atoms with E-state index in [0.717, 1.165) is 0 Å². The van der Waals surface area contributed by atoms with Crippen molar-refractivity contribution in [2.75, 3.05) is 6.54 Å². The largest absolute Gasteiger partial charge is 0.328 e. The van der Waals surface area contributed by atoms with Gasteiger partial charge in [-0.15, -0.1) is 0 Å². The molecule has 0 aromatic carbocycles. The van der Waals surface area contributed by atoms with Crippen LogP contribution < -0.4 is 5.73 Å². The lowest BCUT2D eigenvalue weighted by atomic mass is 10.0. The molecule has 0 amide bonds. The molecule has 1 aliphatic rings. The maximum Gasteiger partial charge on any atom is 0.0868 e. The Morgan fingerprint density at radius 1 is 1.67 bits per heavy atom. The van der Waals surface area contributed by atoms with Crippen LogP contribution in [0.2, 0.25) is 0 Å². The van der Waals surface area contributed by atoms with E-state index in [4.69, 9.17) is 5.73 Å². The number of dihydropyridines is 1. The molecule has 12 heavy (non-hydrogen) atoms. The molecule has 1 rings (SSSR count). The van der Waals surface area contributed by atoms with Gasteiger partial charge >= 0.3 is 0 Å². The van der Waals surface area contributed by atoms with Crippen molar-refractivity contribution in [1.29, 1.82) is 0 Å². The van der Waals surface area contributed by atoms with Gasteiger partial charge in [-0.3, -0.25) is 4.99 Å². The number of allylic oxidation sites excluding steroid dienone is 2. The summed E-state index contributed by atoms with van der Waals surface area (Å²) in [4.78, 5) is 4.28. The van der Waals surface area contributed by atoms with Crippen LogP contribution in [0.1, 0.15) is 13.8 Å². The van der Waals surface area contributed by atoms with Gasteiger partial charge in [-0.05, 0) is 17.6 Å². The standard InChI is InChI=1S/C10H16N2/c1-8(2)6-9-4-3-5-12-10(9)7-11/h3-6,8,10H,7,11H2,1-2H3. The van der Waals surface area contributed by atoms with E-state index in [9.17, 15) is 0 Å². The highest BCUT2D eigenvalue weighted by Crippen LogP contribution is 2.13. The van der Waals surface area contributed by atoms with Gasteiger partial charge in [0.2, 0.25) is 0 Å². The Hall–Kier alpha value is -0.890. The van der Waals surface area contributed by atoms with E-state index in [2.05, 4.69) is 31.0 Å². The van der Waals surface area contributed by atoms with Gasteiger partial charge in [0.05, 0.1) is 6.04 Å². The molecule has 1 atom stereocenters. The number of nitrogens with zero attached hydrogens (tertiary/aromatic N) is 1. The van der Waals surface area contributed by atoms with Gasteiger partial charge in [-0.2, -0.15) is 0 Å². The van der Waals surface area contributed by atoms with Gasteiger partial charge in [0.1, 0.15) is 0 Å². The van der Waals surface area contributed by atoms with E-state index in [1.165, 1.54) is 5.57 Å². The fraction of sp³-hybridized carbons (Fsp3) is 0.500. The maximum absolute atomic E-state index is 5.58. The molecule has 66 valence electrons. The van der Waals surface area contributed by atoms with Crippen LogP contribution in [0.4, 0.5) is 0 Å². The number of hydrogen-bond donors (Lipinski definition) is 1.